The first-order valence-electron chi connectivity index (χ1n) is 11.6. The standard InChI is InChI=1S/C22H26F3N7O5S/c1-12-9-13-16(30-5-6-32-14(10-30)28-29-18(32)22(23,24)25)26-19(27-17(13)38-12)36-8-7-31(11-15(33)34)20(35)37-21(2,3)4/h9H,5-8,10-11H2,1-4H3,(H,33,34). The van der Waals surface area contributed by atoms with Gasteiger partial charge in [0.2, 0.25) is 5.82 Å². The Morgan fingerprint density at radius 1 is 1.18 bits per heavy atom. The van der Waals surface area contributed by atoms with Gasteiger partial charge in [-0.05, 0) is 33.8 Å². The molecule has 16 heteroatoms. The van der Waals surface area contributed by atoms with Crippen molar-refractivity contribution in [2.75, 3.05) is 31.1 Å². The molecule has 1 amide bonds. The van der Waals surface area contributed by atoms with Crippen LogP contribution in [0.2, 0.25) is 0 Å². The molecule has 0 saturated heterocycles. The number of halogens is 3. The number of carbonyl (C=O) groups excluding carboxylic acids is 1. The maximum absolute atomic E-state index is 13.2. The third-order valence-corrected chi connectivity index (χ3v) is 6.30. The molecule has 3 aromatic rings. The van der Waals surface area contributed by atoms with E-state index in [0.717, 1.165) is 14.3 Å². The molecule has 1 aliphatic heterocycles. The van der Waals surface area contributed by atoms with Gasteiger partial charge in [0.05, 0.1) is 18.5 Å². The van der Waals surface area contributed by atoms with Crippen LogP contribution >= 0.6 is 11.3 Å². The Hall–Kier alpha value is -3.69. The molecule has 3 aromatic heterocycles. The number of carboxylic acids is 1. The lowest BCUT2D eigenvalue weighted by Crippen LogP contribution is -2.42. The minimum absolute atomic E-state index is 0.0159. The molecular formula is C22H26F3N7O5S. The van der Waals surface area contributed by atoms with Crippen LogP contribution in [0.3, 0.4) is 0 Å². The van der Waals surface area contributed by atoms with Gasteiger partial charge in [-0.15, -0.1) is 21.5 Å². The summed E-state index contributed by atoms with van der Waals surface area (Å²) >= 11 is 1.40. The van der Waals surface area contributed by atoms with Crippen molar-refractivity contribution < 1.29 is 37.3 Å². The molecule has 0 saturated carbocycles. The van der Waals surface area contributed by atoms with Crippen molar-refractivity contribution in [3.8, 4) is 6.01 Å². The number of amides is 1. The summed E-state index contributed by atoms with van der Waals surface area (Å²) in [4.78, 5) is 36.9. The molecule has 12 nitrogen and oxygen atoms in total. The van der Waals surface area contributed by atoms with Crippen molar-refractivity contribution in [3.63, 3.8) is 0 Å². The second-order valence-corrected chi connectivity index (χ2v) is 10.8. The number of carboxylic acid groups (broad SMARTS) is 1. The van der Waals surface area contributed by atoms with E-state index in [1.165, 1.54) is 11.3 Å². The van der Waals surface area contributed by atoms with Crippen LogP contribution in [0, 0.1) is 6.92 Å². The fraction of sp³-hybridized carbons (Fsp3) is 0.545. The zero-order valence-corrected chi connectivity index (χ0v) is 21.9. The Morgan fingerprint density at radius 3 is 2.58 bits per heavy atom. The van der Waals surface area contributed by atoms with E-state index in [9.17, 15) is 27.9 Å². The van der Waals surface area contributed by atoms with E-state index in [0.29, 0.717) is 16.0 Å². The largest absolute Gasteiger partial charge is 0.480 e. The van der Waals surface area contributed by atoms with E-state index < -0.39 is 36.2 Å². The Labute approximate surface area is 219 Å². The van der Waals surface area contributed by atoms with Gasteiger partial charge in [0.1, 0.15) is 29.4 Å². The predicted molar refractivity (Wildman–Crippen MR) is 129 cm³/mol. The molecule has 0 radical (unpaired) electrons. The molecular weight excluding hydrogens is 531 g/mol. The summed E-state index contributed by atoms with van der Waals surface area (Å²) in [7, 11) is 0. The molecule has 0 fully saturated rings. The van der Waals surface area contributed by atoms with Crippen LogP contribution < -0.4 is 9.64 Å². The van der Waals surface area contributed by atoms with E-state index in [4.69, 9.17) is 9.47 Å². The summed E-state index contributed by atoms with van der Waals surface area (Å²) in [5.74, 6) is -1.62. The van der Waals surface area contributed by atoms with Gasteiger partial charge >= 0.3 is 24.2 Å². The zero-order valence-electron chi connectivity index (χ0n) is 21.1. The molecule has 0 atom stereocenters. The van der Waals surface area contributed by atoms with Crippen molar-refractivity contribution in [1.29, 1.82) is 0 Å². The van der Waals surface area contributed by atoms with Gasteiger partial charge in [-0.25, -0.2) is 4.79 Å². The monoisotopic (exact) mass is 557 g/mol. The van der Waals surface area contributed by atoms with Crippen molar-refractivity contribution in [2.24, 2.45) is 0 Å². The number of hydrogen-bond acceptors (Lipinski definition) is 10. The highest BCUT2D eigenvalue weighted by molar-refractivity contribution is 7.18. The van der Waals surface area contributed by atoms with Crippen LogP contribution in [0.15, 0.2) is 6.07 Å². The minimum atomic E-state index is -4.60. The number of thiophene rings is 1. The van der Waals surface area contributed by atoms with Crippen molar-refractivity contribution >= 4 is 39.4 Å². The quantitative estimate of drug-likeness (QED) is 0.461. The highest BCUT2D eigenvalue weighted by atomic mass is 32.1. The number of ether oxygens (including phenoxy) is 2. The first-order valence-corrected chi connectivity index (χ1v) is 12.4. The Balaban J connectivity index is 1.53. The number of aliphatic carboxylic acids is 1. The van der Waals surface area contributed by atoms with Crippen molar-refractivity contribution in [1.82, 2.24) is 29.6 Å². The zero-order chi connectivity index (χ0) is 27.8. The van der Waals surface area contributed by atoms with E-state index in [2.05, 4.69) is 20.2 Å². The number of fused-ring (bicyclic) bond motifs is 2. The van der Waals surface area contributed by atoms with E-state index in [1.807, 2.05) is 13.0 Å². The van der Waals surface area contributed by atoms with Crippen molar-refractivity contribution in [3.05, 3.63) is 22.6 Å². The second-order valence-electron chi connectivity index (χ2n) is 9.56. The molecule has 1 N–H and O–H groups in total. The summed E-state index contributed by atoms with van der Waals surface area (Å²) in [5.41, 5.74) is -0.811. The molecule has 1 aliphatic rings. The minimum Gasteiger partial charge on any atom is -0.480 e. The average molecular weight is 558 g/mol. The number of anilines is 1. The molecule has 206 valence electrons. The highest BCUT2D eigenvalue weighted by Gasteiger charge is 2.39. The van der Waals surface area contributed by atoms with Crippen LogP contribution in [0.4, 0.5) is 23.8 Å². The van der Waals surface area contributed by atoms with Crippen LogP contribution in [0.1, 0.15) is 37.3 Å². The summed E-state index contributed by atoms with van der Waals surface area (Å²) in [5, 5.41) is 16.9. The van der Waals surface area contributed by atoms with Gasteiger partial charge in [0, 0.05) is 18.0 Å². The second kappa shape index (κ2) is 10.2. The molecule has 0 aromatic carbocycles. The number of hydrogen-bond donors (Lipinski definition) is 1. The van der Waals surface area contributed by atoms with Gasteiger partial charge in [0.25, 0.3) is 0 Å². The number of nitrogens with zero attached hydrogens (tertiary/aromatic N) is 7. The van der Waals surface area contributed by atoms with Gasteiger partial charge in [-0.3, -0.25) is 9.69 Å². The van der Waals surface area contributed by atoms with E-state index >= 15 is 0 Å². The average Bonchev–Trinajstić information content (AvgIpc) is 3.38. The summed E-state index contributed by atoms with van der Waals surface area (Å²) in [6, 6.07) is 1.87. The molecule has 38 heavy (non-hydrogen) atoms. The maximum atomic E-state index is 13.2. The predicted octanol–water partition coefficient (Wildman–Crippen LogP) is 3.33. The SMILES string of the molecule is Cc1cc2c(N3CCn4c(nnc4C(F)(F)F)C3)nc(OCCN(CC(=O)O)C(=O)OC(C)(C)C)nc2s1. The van der Waals surface area contributed by atoms with E-state index in [1.54, 1.807) is 25.7 Å². The summed E-state index contributed by atoms with van der Waals surface area (Å²) in [6.07, 6.45) is -5.40. The van der Waals surface area contributed by atoms with Crippen LogP contribution in [0.5, 0.6) is 6.01 Å². The summed E-state index contributed by atoms with van der Waals surface area (Å²) < 4.78 is 51.7. The number of rotatable bonds is 7. The summed E-state index contributed by atoms with van der Waals surface area (Å²) in [6.45, 7) is 6.38. The van der Waals surface area contributed by atoms with Gasteiger partial charge in [0.15, 0.2) is 5.82 Å². The van der Waals surface area contributed by atoms with Crippen LogP contribution in [-0.2, 0) is 28.8 Å². The number of carbonyl (C=O) groups is 2. The Kier molecular flexibility index (Phi) is 7.36. The fourth-order valence-electron chi connectivity index (χ4n) is 3.83. The molecule has 0 bridgehead atoms. The molecule has 0 unspecified atom stereocenters. The van der Waals surface area contributed by atoms with Crippen LogP contribution in [-0.4, -0.2) is 78.6 Å². The Morgan fingerprint density at radius 2 is 1.92 bits per heavy atom. The third-order valence-electron chi connectivity index (χ3n) is 5.35. The molecule has 0 spiro atoms. The fourth-order valence-corrected chi connectivity index (χ4v) is 4.70. The normalized spacial score (nSPS) is 13.9. The lowest BCUT2D eigenvalue weighted by Gasteiger charge is -2.29. The topological polar surface area (TPSA) is 136 Å². The number of aryl methyl sites for hydroxylation is 1. The number of aromatic nitrogens is 5. The maximum Gasteiger partial charge on any atom is 0.451 e. The first-order chi connectivity index (χ1) is 17.7. The smallest absolute Gasteiger partial charge is 0.451 e. The van der Waals surface area contributed by atoms with Crippen molar-refractivity contribution in [2.45, 2.75) is 52.6 Å². The third kappa shape index (κ3) is 6.23. The van der Waals surface area contributed by atoms with E-state index in [-0.39, 0.29) is 44.6 Å². The highest BCUT2D eigenvalue weighted by Crippen LogP contribution is 2.35. The Bertz CT molecular complexity index is 1350. The van der Waals surface area contributed by atoms with Gasteiger partial charge in [-0.2, -0.15) is 23.1 Å². The molecule has 4 heterocycles. The molecule has 4 rings (SSSR count). The van der Waals surface area contributed by atoms with Crippen LogP contribution in [0.25, 0.3) is 10.2 Å². The first kappa shape index (κ1) is 27.3. The number of alkyl halides is 3. The van der Waals surface area contributed by atoms with Gasteiger partial charge in [-0.1, -0.05) is 0 Å². The van der Waals surface area contributed by atoms with Gasteiger partial charge < -0.3 is 24.0 Å². The lowest BCUT2D eigenvalue weighted by atomic mass is 10.2. The molecule has 0 aliphatic carbocycles. The lowest BCUT2D eigenvalue weighted by molar-refractivity contribution is -0.147.